The highest BCUT2D eigenvalue weighted by atomic mass is 19.1. The first-order chi connectivity index (χ1) is 9.49. The standard InChI is InChI=1S/C15H16FN3O/c1-9-13(15(17)20)4-3-5-14(9)19-10(2)11-6-12(16)8-18-7-11/h3-8,10,19H,1-2H3,(H2,17,20). The molecule has 1 aromatic heterocycles. The molecule has 0 fully saturated rings. The molecule has 1 atom stereocenters. The van der Waals surface area contributed by atoms with Gasteiger partial charge in [-0.3, -0.25) is 9.78 Å². The summed E-state index contributed by atoms with van der Waals surface area (Å²) in [5, 5.41) is 3.23. The minimum absolute atomic E-state index is 0.139. The molecule has 0 radical (unpaired) electrons. The number of hydrogen-bond acceptors (Lipinski definition) is 3. The molecule has 0 aliphatic rings. The molecule has 3 N–H and O–H groups in total. The largest absolute Gasteiger partial charge is 0.378 e. The maximum absolute atomic E-state index is 13.2. The third-order valence-corrected chi connectivity index (χ3v) is 3.20. The minimum Gasteiger partial charge on any atom is -0.378 e. The minimum atomic E-state index is -0.466. The molecule has 1 heterocycles. The van der Waals surface area contributed by atoms with Gasteiger partial charge in [-0.15, -0.1) is 0 Å². The fourth-order valence-corrected chi connectivity index (χ4v) is 2.04. The van der Waals surface area contributed by atoms with E-state index in [1.807, 2.05) is 19.9 Å². The van der Waals surface area contributed by atoms with Crippen LogP contribution >= 0.6 is 0 Å². The van der Waals surface area contributed by atoms with E-state index in [1.165, 1.54) is 6.07 Å². The second-order valence-electron chi connectivity index (χ2n) is 4.64. The monoisotopic (exact) mass is 273 g/mol. The van der Waals surface area contributed by atoms with Gasteiger partial charge in [-0.1, -0.05) is 6.07 Å². The highest BCUT2D eigenvalue weighted by Crippen LogP contribution is 2.24. The van der Waals surface area contributed by atoms with Gasteiger partial charge in [0.1, 0.15) is 5.82 Å². The maximum Gasteiger partial charge on any atom is 0.249 e. The maximum atomic E-state index is 13.2. The molecule has 4 nitrogen and oxygen atoms in total. The Labute approximate surface area is 116 Å². The van der Waals surface area contributed by atoms with Crippen LogP contribution in [0.4, 0.5) is 10.1 Å². The summed E-state index contributed by atoms with van der Waals surface area (Å²) in [7, 11) is 0. The molecule has 104 valence electrons. The van der Waals surface area contributed by atoms with Crippen LogP contribution in [0.25, 0.3) is 0 Å². The number of carbonyl (C=O) groups is 1. The van der Waals surface area contributed by atoms with Crippen molar-refractivity contribution in [3.05, 3.63) is 59.2 Å². The molecule has 1 amide bonds. The Balaban J connectivity index is 2.26. The number of nitrogens with zero attached hydrogens (tertiary/aromatic N) is 1. The van der Waals surface area contributed by atoms with Crippen molar-refractivity contribution in [1.82, 2.24) is 4.98 Å². The molecule has 1 unspecified atom stereocenters. The molecule has 20 heavy (non-hydrogen) atoms. The van der Waals surface area contributed by atoms with Gasteiger partial charge in [0.05, 0.1) is 12.2 Å². The lowest BCUT2D eigenvalue weighted by atomic mass is 10.0. The smallest absolute Gasteiger partial charge is 0.249 e. The molecule has 2 rings (SSSR count). The van der Waals surface area contributed by atoms with Crippen LogP contribution in [0.3, 0.4) is 0 Å². The number of carbonyl (C=O) groups excluding carboxylic acids is 1. The average Bonchev–Trinajstić information content (AvgIpc) is 2.40. The first kappa shape index (κ1) is 14.0. The molecule has 2 aromatic rings. The van der Waals surface area contributed by atoms with Crippen molar-refractivity contribution in [3.63, 3.8) is 0 Å². The SMILES string of the molecule is Cc1c(NC(C)c2cncc(F)c2)cccc1C(N)=O. The summed E-state index contributed by atoms with van der Waals surface area (Å²) in [6, 6.07) is 6.58. The number of nitrogens with two attached hydrogens (primary N) is 1. The molecule has 1 aromatic carbocycles. The van der Waals surface area contributed by atoms with Gasteiger partial charge in [0.2, 0.25) is 5.91 Å². The Kier molecular flexibility index (Phi) is 3.98. The Hall–Kier alpha value is -2.43. The molecule has 0 aliphatic heterocycles. The number of primary amides is 1. The van der Waals surface area contributed by atoms with Gasteiger partial charge in [0, 0.05) is 17.4 Å². The number of hydrogen-bond donors (Lipinski definition) is 2. The van der Waals surface area contributed by atoms with Gasteiger partial charge in [-0.25, -0.2) is 4.39 Å². The number of anilines is 1. The highest BCUT2D eigenvalue weighted by Gasteiger charge is 2.12. The first-order valence-electron chi connectivity index (χ1n) is 6.25. The van der Waals surface area contributed by atoms with E-state index in [2.05, 4.69) is 10.3 Å². The zero-order valence-electron chi connectivity index (χ0n) is 11.4. The number of pyridine rings is 1. The highest BCUT2D eigenvalue weighted by molar-refractivity contribution is 5.95. The number of benzene rings is 1. The van der Waals surface area contributed by atoms with Crippen molar-refractivity contribution in [2.45, 2.75) is 19.9 Å². The van der Waals surface area contributed by atoms with E-state index in [1.54, 1.807) is 18.3 Å². The lowest BCUT2D eigenvalue weighted by Gasteiger charge is -2.18. The van der Waals surface area contributed by atoms with Crippen LogP contribution in [0.15, 0.2) is 36.7 Å². The van der Waals surface area contributed by atoms with Gasteiger partial charge >= 0.3 is 0 Å². The van der Waals surface area contributed by atoms with E-state index in [0.717, 1.165) is 23.0 Å². The number of amides is 1. The summed E-state index contributed by atoms with van der Waals surface area (Å²) in [5.74, 6) is -0.843. The van der Waals surface area contributed by atoms with Gasteiger partial charge in [0.25, 0.3) is 0 Å². The number of aromatic nitrogens is 1. The van der Waals surface area contributed by atoms with E-state index in [9.17, 15) is 9.18 Å². The molecule has 0 saturated heterocycles. The molecular weight excluding hydrogens is 257 g/mol. The molecule has 0 saturated carbocycles. The van der Waals surface area contributed by atoms with Gasteiger partial charge < -0.3 is 11.1 Å². The van der Waals surface area contributed by atoms with Gasteiger partial charge in [-0.2, -0.15) is 0 Å². The summed E-state index contributed by atoms with van der Waals surface area (Å²) in [5.41, 5.74) is 8.09. The van der Waals surface area contributed by atoms with E-state index in [4.69, 9.17) is 5.73 Å². The van der Waals surface area contributed by atoms with Crippen LogP contribution in [-0.2, 0) is 0 Å². The third-order valence-electron chi connectivity index (χ3n) is 3.20. The number of rotatable bonds is 4. The predicted molar refractivity (Wildman–Crippen MR) is 75.9 cm³/mol. The van der Waals surface area contributed by atoms with E-state index < -0.39 is 5.91 Å². The van der Waals surface area contributed by atoms with Crippen molar-refractivity contribution in [2.24, 2.45) is 5.73 Å². The molecule has 5 heteroatoms. The van der Waals surface area contributed by atoms with Crippen LogP contribution in [-0.4, -0.2) is 10.9 Å². The fourth-order valence-electron chi connectivity index (χ4n) is 2.04. The van der Waals surface area contributed by atoms with E-state index >= 15 is 0 Å². The van der Waals surface area contributed by atoms with Crippen LogP contribution in [0.1, 0.15) is 34.5 Å². The second kappa shape index (κ2) is 5.69. The normalized spacial score (nSPS) is 11.9. The number of nitrogens with one attached hydrogen (secondary N) is 1. The quantitative estimate of drug-likeness (QED) is 0.900. The summed E-state index contributed by atoms with van der Waals surface area (Å²) in [6.45, 7) is 3.71. The Morgan fingerprint density at radius 2 is 2.15 bits per heavy atom. The fraction of sp³-hybridized carbons (Fsp3) is 0.200. The van der Waals surface area contributed by atoms with Crippen molar-refractivity contribution < 1.29 is 9.18 Å². The Morgan fingerprint density at radius 1 is 1.40 bits per heavy atom. The molecular formula is C15H16FN3O. The lowest BCUT2D eigenvalue weighted by Crippen LogP contribution is -2.15. The Bertz CT molecular complexity index is 643. The van der Waals surface area contributed by atoms with E-state index in [0.29, 0.717) is 5.56 Å². The van der Waals surface area contributed by atoms with Crippen molar-refractivity contribution >= 4 is 11.6 Å². The lowest BCUT2D eigenvalue weighted by molar-refractivity contribution is 0.1000. The van der Waals surface area contributed by atoms with Crippen molar-refractivity contribution in [3.8, 4) is 0 Å². The van der Waals surface area contributed by atoms with Crippen molar-refractivity contribution in [1.29, 1.82) is 0 Å². The summed E-state index contributed by atoms with van der Waals surface area (Å²) >= 11 is 0. The van der Waals surface area contributed by atoms with Gasteiger partial charge in [0.15, 0.2) is 0 Å². The summed E-state index contributed by atoms with van der Waals surface area (Å²) in [4.78, 5) is 15.1. The van der Waals surface area contributed by atoms with Crippen LogP contribution in [0.5, 0.6) is 0 Å². The number of halogens is 1. The average molecular weight is 273 g/mol. The van der Waals surface area contributed by atoms with Gasteiger partial charge in [-0.05, 0) is 43.2 Å². The van der Waals surface area contributed by atoms with Crippen molar-refractivity contribution in [2.75, 3.05) is 5.32 Å². The molecule has 0 bridgehead atoms. The Morgan fingerprint density at radius 3 is 2.80 bits per heavy atom. The van der Waals surface area contributed by atoms with Crippen LogP contribution in [0.2, 0.25) is 0 Å². The first-order valence-corrected chi connectivity index (χ1v) is 6.25. The zero-order valence-corrected chi connectivity index (χ0v) is 11.4. The van der Waals surface area contributed by atoms with E-state index in [-0.39, 0.29) is 11.9 Å². The topological polar surface area (TPSA) is 68.0 Å². The summed E-state index contributed by atoms with van der Waals surface area (Å²) < 4.78 is 13.2. The second-order valence-corrected chi connectivity index (χ2v) is 4.64. The molecule has 0 aliphatic carbocycles. The molecule has 0 spiro atoms. The third kappa shape index (κ3) is 2.93. The predicted octanol–water partition coefficient (Wildman–Crippen LogP) is 2.80. The van der Waals surface area contributed by atoms with Crippen LogP contribution < -0.4 is 11.1 Å². The zero-order chi connectivity index (χ0) is 14.7. The van der Waals surface area contributed by atoms with Crippen LogP contribution in [0, 0.1) is 12.7 Å². The summed E-state index contributed by atoms with van der Waals surface area (Å²) in [6.07, 6.45) is 2.77.